The Hall–Kier alpha value is -1.14. The van der Waals surface area contributed by atoms with Crippen molar-refractivity contribution < 1.29 is 19.0 Å². The average Bonchev–Trinajstić information content (AvgIpc) is 2.55. The highest BCUT2D eigenvalue weighted by Crippen LogP contribution is 2.31. The topological polar surface area (TPSA) is 40.2 Å². The Bertz CT molecular complexity index is 465. The Morgan fingerprint density at radius 1 is 1.30 bits per heavy atom. The van der Waals surface area contributed by atoms with E-state index in [-0.39, 0.29) is 12.1 Å². The van der Waals surface area contributed by atoms with Crippen LogP contribution >= 0.6 is 0 Å². The van der Waals surface area contributed by atoms with E-state index < -0.39 is 5.97 Å². The van der Waals surface area contributed by atoms with E-state index in [2.05, 4.69) is 19.9 Å². The molecule has 23 heavy (non-hydrogen) atoms. The Morgan fingerprint density at radius 2 is 2.13 bits per heavy atom. The molecule has 129 valence electrons. The predicted octanol–water partition coefficient (Wildman–Crippen LogP) is 3.40. The van der Waals surface area contributed by atoms with Crippen molar-refractivity contribution in [2.75, 3.05) is 26.9 Å². The molecule has 1 radical (unpaired) electrons. The molecule has 2 rings (SSSR count). The molecule has 1 aliphatic rings. The van der Waals surface area contributed by atoms with Crippen molar-refractivity contribution in [2.45, 2.75) is 51.5 Å². The van der Waals surface area contributed by atoms with Crippen LogP contribution in [0.5, 0.6) is 5.75 Å². The molecular weight excluding hydrogens is 294 g/mol. The van der Waals surface area contributed by atoms with Gasteiger partial charge in [-0.1, -0.05) is 24.6 Å². The molecule has 5 heteroatoms. The molecule has 1 unspecified atom stereocenters. The average molecular weight is 322 g/mol. The van der Waals surface area contributed by atoms with Gasteiger partial charge >= 0.3 is 5.97 Å². The van der Waals surface area contributed by atoms with E-state index in [1.54, 1.807) is 13.2 Å². The quantitative estimate of drug-likeness (QED) is 0.686. The predicted molar refractivity (Wildman–Crippen MR) is 87.9 cm³/mol. The van der Waals surface area contributed by atoms with Crippen LogP contribution in [0.15, 0.2) is 24.3 Å². The third-order valence-corrected chi connectivity index (χ3v) is 4.08. The molecule has 0 N–H and O–H groups in total. The fourth-order valence-corrected chi connectivity index (χ4v) is 2.68. The summed E-state index contributed by atoms with van der Waals surface area (Å²) in [6.45, 7) is 7.69. The zero-order chi connectivity index (χ0) is 16.8. The van der Waals surface area contributed by atoms with E-state index in [1.807, 2.05) is 30.2 Å². The SMILES string of the molecule is CCOC(COc1[c]cccc1)(OC)ON1CCCCC1(C)C. The van der Waals surface area contributed by atoms with E-state index in [9.17, 15) is 0 Å². The van der Waals surface area contributed by atoms with Gasteiger partial charge in [0.2, 0.25) is 0 Å². The normalized spacial score (nSPS) is 20.9. The third-order valence-electron chi connectivity index (χ3n) is 4.08. The molecule has 1 aromatic carbocycles. The number of ether oxygens (including phenoxy) is 3. The molecule has 1 atom stereocenters. The van der Waals surface area contributed by atoms with Crippen molar-refractivity contribution >= 4 is 0 Å². The van der Waals surface area contributed by atoms with Crippen molar-refractivity contribution in [1.29, 1.82) is 0 Å². The van der Waals surface area contributed by atoms with Gasteiger partial charge in [0, 0.05) is 31.9 Å². The summed E-state index contributed by atoms with van der Waals surface area (Å²) in [7, 11) is 1.57. The Labute approximate surface area is 139 Å². The van der Waals surface area contributed by atoms with Crippen LogP contribution in [0.1, 0.15) is 40.0 Å². The molecule has 1 aromatic rings. The summed E-state index contributed by atoms with van der Waals surface area (Å²) < 4.78 is 17.1. The van der Waals surface area contributed by atoms with Crippen LogP contribution in [0, 0.1) is 6.07 Å². The Kier molecular flexibility index (Phi) is 6.41. The number of hydrogen-bond acceptors (Lipinski definition) is 5. The molecule has 1 aliphatic heterocycles. The zero-order valence-electron chi connectivity index (χ0n) is 14.6. The summed E-state index contributed by atoms with van der Waals surface area (Å²) in [5.74, 6) is -0.623. The number of piperidine rings is 1. The molecule has 1 heterocycles. The van der Waals surface area contributed by atoms with Crippen LogP contribution in [-0.2, 0) is 14.3 Å². The van der Waals surface area contributed by atoms with Gasteiger partial charge in [-0.15, -0.1) is 0 Å². The second-order valence-electron chi connectivity index (χ2n) is 6.30. The molecule has 0 bridgehead atoms. The van der Waals surface area contributed by atoms with E-state index in [4.69, 9.17) is 19.0 Å². The van der Waals surface area contributed by atoms with Crippen LogP contribution in [0.25, 0.3) is 0 Å². The minimum atomic E-state index is -1.26. The summed E-state index contributed by atoms with van der Waals surface area (Å²) in [6.07, 6.45) is 3.38. The molecule has 0 amide bonds. The minimum Gasteiger partial charge on any atom is -0.484 e. The van der Waals surface area contributed by atoms with E-state index in [0.29, 0.717) is 12.4 Å². The van der Waals surface area contributed by atoms with E-state index in [1.165, 1.54) is 6.42 Å². The number of para-hydroxylation sites is 1. The lowest BCUT2D eigenvalue weighted by Crippen LogP contribution is -2.56. The molecule has 0 aliphatic carbocycles. The first kappa shape index (κ1) is 18.2. The lowest BCUT2D eigenvalue weighted by Gasteiger charge is -2.45. The second kappa shape index (κ2) is 8.11. The second-order valence-corrected chi connectivity index (χ2v) is 6.30. The number of hydroxylamine groups is 2. The zero-order valence-corrected chi connectivity index (χ0v) is 14.6. The van der Waals surface area contributed by atoms with Crippen molar-refractivity contribution in [3.05, 3.63) is 30.3 Å². The van der Waals surface area contributed by atoms with Gasteiger partial charge in [0.1, 0.15) is 5.75 Å². The summed E-state index contributed by atoms with van der Waals surface area (Å²) in [5, 5.41) is 1.97. The van der Waals surface area contributed by atoms with Crippen LogP contribution in [0.4, 0.5) is 0 Å². The van der Waals surface area contributed by atoms with Gasteiger partial charge in [-0.25, -0.2) is 4.84 Å². The molecular formula is C18H28NO4. The van der Waals surface area contributed by atoms with Crippen LogP contribution in [0.2, 0.25) is 0 Å². The van der Waals surface area contributed by atoms with Gasteiger partial charge in [0.25, 0.3) is 0 Å². The highest BCUT2D eigenvalue weighted by atomic mass is 16.9. The number of nitrogens with zero attached hydrogens (tertiary/aromatic N) is 1. The molecule has 0 spiro atoms. The maximum absolute atomic E-state index is 6.16. The molecule has 0 aromatic heterocycles. The monoisotopic (exact) mass is 322 g/mol. The number of hydrogen-bond donors (Lipinski definition) is 0. The first-order chi connectivity index (χ1) is 11.0. The highest BCUT2D eigenvalue weighted by molar-refractivity contribution is 5.19. The Balaban J connectivity index is 2.07. The van der Waals surface area contributed by atoms with Crippen molar-refractivity contribution in [2.24, 2.45) is 0 Å². The Morgan fingerprint density at radius 3 is 2.74 bits per heavy atom. The maximum atomic E-state index is 6.16. The fourth-order valence-electron chi connectivity index (χ4n) is 2.68. The number of benzene rings is 1. The van der Waals surface area contributed by atoms with Crippen LogP contribution in [0.3, 0.4) is 0 Å². The highest BCUT2D eigenvalue weighted by Gasteiger charge is 2.41. The molecule has 5 nitrogen and oxygen atoms in total. The van der Waals surface area contributed by atoms with Crippen LogP contribution in [-0.4, -0.2) is 43.4 Å². The van der Waals surface area contributed by atoms with Gasteiger partial charge in [-0.2, -0.15) is 5.06 Å². The van der Waals surface area contributed by atoms with Crippen molar-refractivity contribution in [3.63, 3.8) is 0 Å². The van der Waals surface area contributed by atoms with Crippen molar-refractivity contribution in [3.8, 4) is 5.75 Å². The van der Waals surface area contributed by atoms with Crippen molar-refractivity contribution in [1.82, 2.24) is 5.06 Å². The van der Waals surface area contributed by atoms with Gasteiger partial charge in [0.15, 0.2) is 6.61 Å². The lowest BCUT2D eigenvalue weighted by atomic mass is 9.93. The molecule has 0 saturated carbocycles. The third kappa shape index (κ3) is 4.91. The smallest absolute Gasteiger partial charge is 0.335 e. The summed E-state index contributed by atoms with van der Waals surface area (Å²) in [6, 6.07) is 10.5. The summed E-state index contributed by atoms with van der Waals surface area (Å²) in [4.78, 5) is 6.16. The van der Waals surface area contributed by atoms with Gasteiger partial charge in [-0.3, -0.25) is 0 Å². The first-order valence-corrected chi connectivity index (χ1v) is 8.27. The minimum absolute atomic E-state index is 0.0575. The van der Waals surface area contributed by atoms with Gasteiger partial charge < -0.3 is 14.2 Å². The van der Waals surface area contributed by atoms with Gasteiger partial charge in [-0.05, 0) is 39.7 Å². The summed E-state index contributed by atoms with van der Waals surface area (Å²) in [5.41, 5.74) is -0.0575. The maximum Gasteiger partial charge on any atom is 0.335 e. The fraction of sp³-hybridized carbons (Fsp3) is 0.667. The largest absolute Gasteiger partial charge is 0.484 e. The van der Waals surface area contributed by atoms with Gasteiger partial charge in [0.05, 0.1) is 0 Å². The first-order valence-electron chi connectivity index (χ1n) is 8.27. The standard InChI is InChI=1S/C18H28NO4/c1-5-22-18(20-4,15-21-16-11-7-6-8-12-16)23-19-14-10-9-13-17(19,2)3/h6-8,11H,5,9-10,13-15H2,1-4H3. The summed E-state index contributed by atoms with van der Waals surface area (Å²) >= 11 is 0. The van der Waals surface area contributed by atoms with E-state index in [0.717, 1.165) is 19.4 Å². The van der Waals surface area contributed by atoms with E-state index >= 15 is 0 Å². The van der Waals surface area contributed by atoms with Crippen LogP contribution < -0.4 is 4.74 Å². The number of methoxy groups -OCH3 is 1. The molecule has 1 fully saturated rings. The molecule has 1 saturated heterocycles. The number of rotatable bonds is 8. The lowest BCUT2D eigenvalue weighted by molar-refractivity contribution is -0.463.